The summed E-state index contributed by atoms with van der Waals surface area (Å²) in [5.41, 5.74) is 4.67. The fourth-order valence-electron chi connectivity index (χ4n) is 4.18. The molecule has 4 nitrogen and oxygen atoms in total. The summed E-state index contributed by atoms with van der Waals surface area (Å²) >= 11 is 1.61. The molecule has 32 heavy (non-hydrogen) atoms. The summed E-state index contributed by atoms with van der Waals surface area (Å²) in [6, 6.07) is 16.3. The zero-order valence-corrected chi connectivity index (χ0v) is 20.4. The molecule has 2 amide bonds. The Hall–Kier alpha value is -2.27. The van der Waals surface area contributed by atoms with Gasteiger partial charge in [0.25, 0.3) is 0 Å². The van der Waals surface area contributed by atoms with Crippen molar-refractivity contribution in [3.8, 4) is 0 Å². The van der Waals surface area contributed by atoms with Crippen molar-refractivity contribution in [2.75, 3.05) is 5.75 Å². The minimum absolute atomic E-state index is 0.00882. The molecule has 0 aliphatic heterocycles. The monoisotopic (exact) mass is 452 g/mol. The lowest BCUT2D eigenvalue weighted by Gasteiger charge is -2.31. The molecule has 1 atom stereocenters. The molecule has 1 saturated carbocycles. The number of carbonyl (C=O) groups excluding carboxylic acids is 2. The van der Waals surface area contributed by atoms with Crippen LogP contribution < -0.4 is 5.32 Å². The minimum Gasteiger partial charge on any atom is -0.352 e. The van der Waals surface area contributed by atoms with Gasteiger partial charge in [0.15, 0.2) is 0 Å². The number of hydrogen-bond acceptors (Lipinski definition) is 3. The zero-order valence-electron chi connectivity index (χ0n) is 19.6. The summed E-state index contributed by atoms with van der Waals surface area (Å²) in [7, 11) is 0. The van der Waals surface area contributed by atoms with Crippen molar-refractivity contribution in [2.45, 2.75) is 77.3 Å². The van der Waals surface area contributed by atoms with Crippen LogP contribution in [0.5, 0.6) is 0 Å². The number of hydrogen-bond donors (Lipinski definition) is 1. The van der Waals surface area contributed by atoms with Gasteiger partial charge in [-0.2, -0.15) is 0 Å². The van der Waals surface area contributed by atoms with Crippen LogP contribution in [0, 0.1) is 13.8 Å². The van der Waals surface area contributed by atoms with Crippen molar-refractivity contribution in [3.63, 3.8) is 0 Å². The summed E-state index contributed by atoms with van der Waals surface area (Å²) in [6.07, 6.45) is 5.66. The second-order valence-electron chi connectivity index (χ2n) is 9.01. The van der Waals surface area contributed by atoms with Gasteiger partial charge in [-0.05, 0) is 44.7 Å². The highest BCUT2D eigenvalue weighted by atomic mass is 32.2. The fraction of sp³-hybridized carbons (Fsp3) is 0.481. The van der Waals surface area contributed by atoms with Gasteiger partial charge in [0.1, 0.15) is 6.04 Å². The van der Waals surface area contributed by atoms with E-state index in [2.05, 4.69) is 55.6 Å². The van der Waals surface area contributed by atoms with E-state index in [1.54, 1.807) is 16.7 Å². The highest BCUT2D eigenvalue weighted by Gasteiger charge is 2.28. The standard InChI is InChI=1S/C27H36N2O2S/c1-20-12-14-23(15-13-20)17-29(22(3)27(31)28-25-10-5-4-6-11-25)26(30)19-32-18-24-9-7-8-21(2)16-24/h7-9,12-16,22,25H,4-6,10-11,17-19H2,1-3H3,(H,28,31). The van der Waals surface area contributed by atoms with Gasteiger partial charge in [0.05, 0.1) is 5.75 Å². The normalized spacial score (nSPS) is 15.2. The number of rotatable bonds is 9. The van der Waals surface area contributed by atoms with Crippen LogP contribution in [0.15, 0.2) is 48.5 Å². The topological polar surface area (TPSA) is 49.4 Å². The Labute approximate surface area is 197 Å². The van der Waals surface area contributed by atoms with Crippen LogP contribution in [0.2, 0.25) is 0 Å². The van der Waals surface area contributed by atoms with E-state index in [1.165, 1.54) is 36.0 Å². The van der Waals surface area contributed by atoms with Crippen molar-refractivity contribution in [2.24, 2.45) is 0 Å². The molecule has 1 unspecified atom stereocenters. The highest BCUT2D eigenvalue weighted by Crippen LogP contribution is 2.19. The molecule has 2 aromatic carbocycles. The van der Waals surface area contributed by atoms with Crippen LogP contribution in [0.25, 0.3) is 0 Å². The molecule has 0 spiro atoms. The average Bonchev–Trinajstić information content (AvgIpc) is 2.79. The predicted molar refractivity (Wildman–Crippen MR) is 134 cm³/mol. The number of benzene rings is 2. The van der Waals surface area contributed by atoms with Gasteiger partial charge in [0.2, 0.25) is 11.8 Å². The van der Waals surface area contributed by atoms with Gasteiger partial charge in [-0.15, -0.1) is 11.8 Å². The van der Waals surface area contributed by atoms with Crippen molar-refractivity contribution >= 4 is 23.6 Å². The Bertz CT molecular complexity index is 891. The van der Waals surface area contributed by atoms with Crippen LogP contribution >= 0.6 is 11.8 Å². The second kappa shape index (κ2) is 12.1. The SMILES string of the molecule is Cc1ccc(CN(C(=O)CSCc2cccc(C)c2)C(C)C(=O)NC2CCCCC2)cc1. The van der Waals surface area contributed by atoms with Crippen molar-refractivity contribution in [3.05, 3.63) is 70.8 Å². The van der Waals surface area contributed by atoms with Crippen LogP contribution in [-0.4, -0.2) is 34.6 Å². The molecule has 0 radical (unpaired) electrons. The third-order valence-corrected chi connectivity index (χ3v) is 7.16. The van der Waals surface area contributed by atoms with Crippen molar-refractivity contribution in [1.29, 1.82) is 0 Å². The number of carbonyl (C=O) groups is 2. The van der Waals surface area contributed by atoms with E-state index in [0.29, 0.717) is 12.3 Å². The van der Waals surface area contributed by atoms with Gasteiger partial charge >= 0.3 is 0 Å². The molecule has 1 aliphatic carbocycles. The summed E-state index contributed by atoms with van der Waals surface area (Å²) < 4.78 is 0. The van der Waals surface area contributed by atoms with E-state index in [1.807, 2.05) is 19.1 Å². The molecule has 172 valence electrons. The lowest BCUT2D eigenvalue weighted by atomic mass is 9.95. The molecule has 1 fully saturated rings. The van der Waals surface area contributed by atoms with E-state index in [-0.39, 0.29) is 17.9 Å². The van der Waals surface area contributed by atoms with Gasteiger partial charge in [0, 0.05) is 18.3 Å². The van der Waals surface area contributed by atoms with E-state index >= 15 is 0 Å². The first-order valence-corrected chi connectivity index (χ1v) is 12.9. The Balaban J connectivity index is 1.64. The maximum atomic E-state index is 13.2. The third kappa shape index (κ3) is 7.40. The van der Waals surface area contributed by atoms with E-state index < -0.39 is 6.04 Å². The quantitative estimate of drug-likeness (QED) is 0.554. The molecule has 1 aliphatic rings. The van der Waals surface area contributed by atoms with Crippen molar-refractivity contribution < 1.29 is 9.59 Å². The Morgan fingerprint density at radius 3 is 2.41 bits per heavy atom. The summed E-state index contributed by atoms with van der Waals surface area (Å²) in [5.74, 6) is 1.12. The molecule has 3 rings (SSSR count). The number of thioether (sulfide) groups is 1. The lowest BCUT2D eigenvalue weighted by Crippen LogP contribution is -2.50. The number of amides is 2. The van der Waals surface area contributed by atoms with E-state index in [4.69, 9.17) is 0 Å². The maximum Gasteiger partial charge on any atom is 0.242 e. The Morgan fingerprint density at radius 2 is 1.72 bits per heavy atom. The molecular formula is C27H36N2O2S. The summed E-state index contributed by atoms with van der Waals surface area (Å²) in [5, 5.41) is 3.20. The highest BCUT2D eigenvalue weighted by molar-refractivity contribution is 7.99. The maximum absolute atomic E-state index is 13.2. The molecule has 1 N–H and O–H groups in total. The predicted octanol–water partition coefficient (Wildman–Crippen LogP) is 5.40. The first-order valence-electron chi connectivity index (χ1n) is 11.7. The van der Waals surface area contributed by atoms with Gasteiger partial charge < -0.3 is 10.2 Å². The van der Waals surface area contributed by atoms with Crippen LogP contribution in [0.4, 0.5) is 0 Å². The lowest BCUT2D eigenvalue weighted by molar-refractivity contribution is -0.139. The van der Waals surface area contributed by atoms with Crippen LogP contribution in [-0.2, 0) is 21.9 Å². The number of aryl methyl sites for hydroxylation is 2. The molecular weight excluding hydrogens is 416 g/mol. The van der Waals surface area contributed by atoms with E-state index in [0.717, 1.165) is 24.2 Å². The Kier molecular flexibility index (Phi) is 9.22. The van der Waals surface area contributed by atoms with Gasteiger partial charge in [-0.3, -0.25) is 9.59 Å². The number of nitrogens with one attached hydrogen (secondary N) is 1. The average molecular weight is 453 g/mol. The Morgan fingerprint density at radius 1 is 1.00 bits per heavy atom. The van der Waals surface area contributed by atoms with Gasteiger partial charge in [-0.25, -0.2) is 0 Å². The largest absolute Gasteiger partial charge is 0.352 e. The third-order valence-electron chi connectivity index (χ3n) is 6.17. The van der Waals surface area contributed by atoms with Gasteiger partial charge in [-0.1, -0.05) is 78.9 Å². The molecule has 5 heteroatoms. The minimum atomic E-state index is -0.495. The first kappa shape index (κ1) is 24.4. The first-order chi connectivity index (χ1) is 15.4. The molecule has 2 aromatic rings. The molecule has 0 aromatic heterocycles. The smallest absolute Gasteiger partial charge is 0.242 e. The molecule has 0 saturated heterocycles. The molecule has 0 bridgehead atoms. The van der Waals surface area contributed by atoms with Crippen LogP contribution in [0.1, 0.15) is 61.3 Å². The van der Waals surface area contributed by atoms with Crippen LogP contribution in [0.3, 0.4) is 0 Å². The number of nitrogens with zero attached hydrogens (tertiary/aromatic N) is 1. The summed E-state index contributed by atoms with van der Waals surface area (Å²) in [4.78, 5) is 28.0. The van der Waals surface area contributed by atoms with E-state index in [9.17, 15) is 9.59 Å². The zero-order chi connectivity index (χ0) is 22.9. The molecule has 0 heterocycles. The summed E-state index contributed by atoms with van der Waals surface area (Å²) in [6.45, 7) is 6.43. The second-order valence-corrected chi connectivity index (χ2v) is 9.99. The fourth-order valence-corrected chi connectivity index (χ4v) is 5.04. The van der Waals surface area contributed by atoms with Crippen molar-refractivity contribution in [1.82, 2.24) is 10.2 Å².